The maximum absolute atomic E-state index is 4.29. The first-order chi connectivity index (χ1) is 5.70. The van der Waals surface area contributed by atoms with Gasteiger partial charge in [0, 0.05) is 5.69 Å². The van der Waals surface area contributed by atoms with Gasteiger partial charge in [0.25, 0.3) is 0 Å². The fourth-order valence-corrected chi connectivity index (χ4v) is 2.34. The number of hydrogen-bond acceptors (Lipinski definition) is 1. The standard InChI is InChI=1S/C8H6BrIN2/c1-5-2-3-6(9)8-11-4-7(10)12(5)8/h2-4H,1H3. The average Bonchev–Trinajstić information content (AvgIpc) is 2.42. The largest absolute Gasteiger partial charge is 0.291 e. The van der Waals surface area contributed by atoms with Gasteiger partial charge in [-0.25, -0.2) is 4.98 Å². The predicted octanol–water partition coefficient (Wildman–Crippen LogP) is 3.01. The number of halogens is 2. The van der Waals surface area contributed by atoms with Crippen LogP contribution in [0, 0.1) is 10.6 Å². The van der Waals surface area contributed by atoms with Crippen molar-refractivity contribution in [3.8, 4) is 0 Å². The first-order valence-electron chi connectivity index (χ1n) is 3.48. The molecule has 2 nitrogen and oxygen atoms in total. The lowest BCUT2D eigenvalue weighted by Crippen LogP contribution is -1.92. The molecule has 0 aliphatic rings. The molecule has 0 atom stereocenters. The van der Waals surface area contributed by atoms with Crippen LogP contribution in [0.5, 0.6) is 0 Å². The zero-order valence-corrected chi connectivity index (χ0v) is 10.1. The van der Waals surface area contributed by atoms with Gasteiger partial charge in [0.05, 0.1) is 10.7 Å². The van der Waals surface area contributed by atoms with Crippen LogP contribution in [0.25, 0.3) is 5.65 Å². The van der Waals surface area contributed by atoms with Gasteiger partial charge in [0.1, 0.15) is 3.70 Å². The lowest BCUT2D eigenvalue weighted by atomic mass is 10.4. The van der Waals surface area contributed by atoms with Crippen LogP contribution in [0.3, 0.4) is 0 Å². The minimum Gasteiger partial charge on any atom is -0.291 e. The number of aromatic nitrogens is 2. The molecule has 0 fully saturated rings. The quantitative estimate of drug-likeness (QED) is 0.676. The third kappa shape index (κ3) is 1.17. The van der Waals surface area contributed by atoms with Crippen molar-refractivity contribution in [1.29, 1.82) is 0 Å². The van der Waals surface area contributed by atoms with E-state index in [1.54, 1.807) is 0 Å². The lowest BCUT2D eigenvalue weighted by Gasteiger charge is -2.01. The van der Waals surface area contributed by atoms with Gasteiger partial charge in [-0.3, -0.25) is 4.40 Å². The molecule has 2 rings (SSSR count). The van der Waals surface area contributed by atoms with E-state index >= 15 is 0 Å². The highest BCUT2D eigenvalue weighted by Crippen LogP contribution is 2.20. The van der Waals surface area contributed by atoms with Gasteiger partial charge in [-0.1, -0.05) is 0 Å². The zero-order chi connectivity index (χ0) is 8.72. The Morgan fingerprint density at radius 3 is 2.92 bits per heavy atom. The van der Waals surface area contributed by atoms with Gasteiger partial charge in [-0.15, -0.1) is 0 Å². The molecule has 0 aliphatic carbocycles. The molecule has 0 radical (unpaired) electrons. The highest BCUT2D eigenvalue weighted by molar-refractivity contribution is 14.1. The molecule has 12 heavy (non-hydrogen) atoms. The maximum atomic E-state index is 4.29. The van der Waals surface area contributed by atoms with Crippen molar-refractivity contribution in [2.24, 2.45) is 0 Å². The smallest absolute Gasteiger partial charge is 0.152 e. The van der Waals surface area contributed by atoms with Crippen molar-refractivity contribution in [3.63, 3.8) is 0 Å². The van der Waals surface area contributed by atoms with E-state index < -0.39 is 0 Å². The summed E-state index contributed by atoms with van der Waals surface area (Å²) in [5.74, 6) is 0. The number of rotatable bonds is 0. The molecule has 0 spiro atoms. The molecule has 0 aromatic carbocycles. The number of aryl methyl sites for hydroxylation is 1. The van der Waals surface area contributed by atoms with Crippen LogP contribution < -0.4 is 0 Å². The van der Waals surface area contributed by atoms with Crippen LogP contribution in [0.1, 0.15) is 5.69 Å². The maximum Gasteiger partial charge on any atom is 0.152 e. The van der Waals surface area contributed by atoms with Crippen molar-refractivity contribution < 1.29 is 0 Å². The predicted molar refractivity (Wildman–Crippen MR) is 60.3 cm³/mol. The monoisotopic (exact) mass is 336 g/mol. The summed E-state index contributed by atoms with van der Waals surface area (Å²) in [5, 5.41) is 0. The third-order valence-electron chi connectivity index (χ3n) is 1.76. The summed E-state index contributed by atoms with van der Waals surface area (Å²) in [5.41, 5.74) is 2.19. The molecular weight excluding hydrogens is 331 g/mol. The first-order valence-corrected chi connectivity index (χ1v) is 5.35. The average molecular weight is 337 g/mol. The van der Waals surface area contributed by atoms with Gasteiger partial charge in [-0.05, 0) is 57.6 Å². The van der Waals surface area contributed by atoms with Gasteiger partial charge in [0.2, 0.25) is 0 Å². The van der Waals surface area contributed by atoms with Crippen LogP contribution in [0.4, 0.5) is 0 Å². The Kier molecular flexibility index (Phi) is 2.12. The van der Waals surface area contributed by atoms with E-state index in [2.05, 4.69) is 60.9 Å². The topological polar surface area (TPSA) is 17.3 Å². The second-order valence-corrected chi connectivity index (χ2v) is 4.52. The summed E-state index contributed by atoms with van der Waals surface area (Å²) in [6, 6.07) is 4.09. The van der Waals surface area contributed by atoms with Crippen LogP contribution in [-0.4, -0.2) is 9.38 Å². The molecule has 2 aromatic heterocycles. The van der Waals surface area contributed by atoms with E-state index in [4.69, 9.17) is 0 Å². The SMILES string of the molecule is Cc1ccc(Br)c2ncc(I)n12. The van der Waals surface area contributed by atoms with E-state index in [1.165, 1.54) is 5.69 Å². The molecule has 0 bridgehead atoms. The van der Waals surface area contributed by atoms with E-state index in [9.17, 15) is 0 Å². The Hall–Kier alpha value is -0.100. The summed E-state index contributed by atoms with van der Waals surface area (Å²) >= 11 is 5.73. The summed E-state index contributed by atoms with van der Waals surface area (Å²) in [6.07, 6.45) is 1.87. The molecule has 0 unspecified atom stereocenters. The first kappa shape index (κ1) is 8.50. The van der Waals surface area contributed by atoms with Crippen LogP contribution in [-0.2, 0) is 0 Å². The van der Waals surface area contributed by atoms with Gasteiger partial charge >= 0.3 is 0 Å². The fourth-order valence-electron chi connectivity index (χ4n) is 1.18. The van der Waals surface area contributed by atoms with E-state index in [0.717, 1.165) is 13.8 Å². The van der Waals surface area contributed by atoms with Gasteiger partial charge in [0.15, 0.2) is 5.65 Å². The number of imidazole rings is 1. The van der Waals surface area contributed by atoms with E-state index in [1.807, 2.05) is 12.3 Å². The lowest BCUT2D eigenvalue weighted by molar-refractivity contribution is 1.06. The summed E-state index contributed by atoms with van der Waals surface area (Å²) in [6.45, 7) is 2.07. The van der Waals surface area contributed by atoms with Crippen LogP contribution in [0.2, 0.25) is 0 Å². The molecule has 62 valence electrons. The van der Waals surface area contributed by atoms with Crippen LogP contribution in [0.15, 0.2) is 22.8 Å². The molecule has 0 N–H and O–H groups in total. The van der Waals surface area contributed by atoms with Gasteiger partial charge in [-0.2, -0.15) is 0 Å². The molecular formula is C8H6BrIN2. The van der Waals surface area contributed by atoms with E-state index in [0.29, 0.717) is 0 Å². The molecule has 0 aliphatic heterocycles. The van der Waals surface area contributed by atoms with Gasteiger partial charge < -0.3 is 0 Å². The fraction of sp³-hybridized carbons (Fsp3) is 0.125. The van der Waals surface area contributed by atoms with Crippen molar-refractivity contribution in [2.75, 3.05) is 0 Å². The highest BCUT2D eigenvalue weighted by Gasteiger charge is 2.04. The minimum atomic E-state index is 0.986. The molecule has 4 heteroatoms. The summed E-state index contributed by atoms with van der Waals surface area (Å²) < 4.78 is 4.29. The second kappa shape index (κ2) is 2.99. The third-order valence-corrected chi connectivity index (χ3v) is 3.14. The number of hydrogen-bond donors (Lipinski definition) is 0. The Bertz CT molecular complexity index is 436. The Morgan fingerprint density at radius 1 is 1.50 bits per heavy atom. The molecule has 0 saturated heterocycles. The van der Waals surface area contributed by atoms with Crippen LogP contribution >= 0.6 is 38.5 Å². The van der Waals surface area contributed by atoms with Crippen molar-refractivity contribution in [1.82, 2.24) is 9.38 Å². The van der Waals surface area contributed by atoms with Crippen molar-refractivity contribution in [2.45, 2.75) is 6.92 Å². The minimum absolute atomic E-state index is 0.986. The second-order valence-electron chi connectivity index (χ2n) is 2.56. The Labute approximate surface area is 92.3 Å². The van der Waals surface area contributed by atoms with Crippen molar-refractivity contribution >= 4 is 44.2 Å². The summed E-state index contributed by atoms with van der Waals surface area (Å²) in [7, 11) is 0. The zero-order valence-electron chi connectivity index (χ0n) is 6.38. The normalized spacial score (nSPS) is 10.9. The Morgan fingerprint density at radius 2 is 2.25 bits per heavy atom. The number of fused-ring (bicyclic) bond motifs is 1. The highest BCUT2D eigenvalue weighted by atomic mass is 127. The molecule has 2 aromatic rings. The number of pyridine rings is 1. The molecule has 2 heterocycles. The molecule has 0 amide bonds. The summed E-state index contributed by atoms with van der Waals surface area (Å²) in [4.78, 5) is 4.29. The van der Waals surface area contributed by atoms with E-state index in [-0.39, 0.29) is 0 Å². The Balaban J connectivity index is 2.98. The number of nitrogens with zero attached hydrogens (tertiary/aromatic N) is 2. The molecule has 0 saturated carbocycles. The van der Waals surface area contributed by atoms with Crippen molar-refractivity contribution in [3.05, 3.63) is 32.2 Å².